The van der Waals surface area contributed by atoms with Gasteiger partial charge in [-0.05, 0) is 24.3 Å². The molecule has 0 radical (unpaired) electrons. The van der Waals surface area contributed by atoms with Crippen LogP contribution in [0.15, 0.2) is 34.9 Å². The highest BCUT2D eigenvalue weighted by Gasteiger charge is 2.32. The minimum Gasteiger partial charge on any atom is -0.404 e. The maximum atomic E-state index is 12.4. The van der Waals surface area contributed by atoms with E-state index < -0.39 is 6.36 Å². The summed E-state index contributed by atoms with van der Waals surface area (Å²) in [5.41, 5.74) is 0.135. The molecule has 1 aromatic carbocycles. The van der Waals surface area contributed by atoms with E-state index in [2.05, 4.69) is 41.3 Å². The predicted molar refractivity (Wildman–Crippen MR) is 75.7 cm³/mol. The molecule has 2 N–H and O–H groups in total. The summed E-state index contributed by atoms with van der Waals surface area (Å²) in [5.74, 6) is 0.320. The third-order valence-corrected chi connectivity index (χ3v) is 2.80. The van der Waals surface area contributed by atoms with E-state index >= 15 is 0 Å². The van der Waals surface area contributed by atoms with Crippen molar-refractivity contribution in [1.82, 2.24) is 9.97 Å². The number of anilines is 3. The van der Waals surface area contributed by atoms with Gasteiger partial charge in [0.15, 0.2) is 5.75 Å². The lowest BCUT2D eigenvalue weighted by Crippen LogP contribution is -2.18. The second-order valence-corrected chi connectivity index (χ2v) is 4.74. The van der Waals surface area contributed by atoms with E-state index in [1.165, 1.54) is 24.4 Å². The Bertz CT molecular complexity index is 636. The number of halogens is 4. The van der Waals surface area contributed by atoms with Gasteiger partial charge in [0, 0.05) is 17.7 Å². The SMILES string of the molecule is CNc1nccc(Nc2ccc(Br)cc2OC(F)(F)F)n1. The van der Waals surface area contributed by atoms with Gasteiger partial charge in [-0.2, -0.15) is 4.98 Å². The summed E-state index contributed by atoms with van der Waals surface area (Å²) in [5, 5.41) is 5.49. The average Bonchev–Trinajstić information content (AvgIpc) is 2.40. The van der Waals surface area contributed by atoms with E-state index in [1.807, 2.05) is 0 Å². The zero-order valence-corrected chi connectivity index (χ0v) is 12.3. The summed E-state index contributed by atoms with van der Waals surface area (Å²) >= 11 is 3.10. The Kier molecular flexibility index (Phi) is 4.51. The fourth-order valence-corrected chi connectivity index (χ4v) is 1.84. The highest BCUT2D eigenvalue weighted by molar-refractivity contribution is 9.10. The number of rotatable bonds is 4. The Morgan fingerprint density at radius 3 is 2.67 bits per heavy atom. The number of hydrogen-bond acceptors (Lipinski definition) is 5. The normalized spacial score (nSPS) is 11.1. The molecule has 5 nitrogen and oxygen atoms in total. The summed E-state index contributed by atoms with van der Waals surface area (Å²) in [7, 11) is 1.64. The summed E-state index contributed by atoms with van der Waals surface area (Å²) in [6, 6.07) is 5.79. The van der Waals surface area contributed by atoms with Gasteiger partial charge in [-0.3, -0.25) is 0 Å². The number of nitrogens with zero attached hydrogens (tertiary/aromatic N) is 2. The van der Waals surface area contributed by atoms with E-state index in [0.29, 0.717) is 16.2 Å². The van der Waals surface area contributed by atoms with Crippen LogP contribution >= 0.6 is 15.9 Å². The molecule has 0 atom stereocenters. The van der Waals surface area contributed by atoms with Crippen LogP contribution in [0.5, 0.6) is 5.75 Å². The zero-order chi connectivity index (χ0) is 15.5. The van der Waals surface area contributed by atoms with Crippen molar-refractivity contribution in [3.63, 3.8) is 0 Å². The molecule has 0 spiro atoms. The number of hydrogen-bond donors (Lipinski definition) is 2. The maximum Gasteiger partial charge on any atom is 0.573 e. The van der Waals surface area contributed by atoms with Gasteiger partial charge in [0.05, 0.1) is 5.69 Å². The van der Waals surface area contributed by atoms with Crippen LogP contribution in [-0.2, 0) is 0 Å². The lowest BCUT2D eigenvalue weighted by atomic mass is 10.3. The minimum absolute atomic E-state index is 0.135. The number of ether oxygens (including phenoxy) is 1. The third kappa shape index (κ3) is 4.48. The van der Waals surface area contributed by atoms with Gasteiger partial charge < -0.3 is 15.4 Å². The molecule has 0 saturated heterocycles. The highest BCUT2D eigenvalue weighted by Crippen LogP contribution is 2.34. The highest BCUT2D eigenvalue weighted by atomic mass is 79.9. The third-order valence-electron chi connectivity index (χ3n) is 2.31. The first-order valence-corrected chi connectivity index (χ1v) is 6.50. The van der Waals surface area contributed by atoms with Crippen molar-refractivity contribution in [1.29, 1.82) is 0 Å². The van der Waals surface area contributed by atoms with Gasteiger partial charge in [-0.15, -0.1) is 13.2 Å². The zero-order valence-electron chi connectivity index (χ0n) is 10.7. The number of nitrogens with one attached hydrogen (secondary N) is 2. The molecule has 0 saturated carbocycles. The van der Waals surface area contributed by atoms with Crippen LogP contribution in [0.1, 0.15) is 0 Å². The molecular weight excluding hydrogens is 353 g/mol. The van der Waals surface area contributed by atoms with Gasteiger partial charge in [0.25, 0.3) is 0 Å². The Morgan fingerprint density at radius 2 is 2.00 bits per heavy atom. The quantitative estimate of drug-likeness (QED) is 0.862. The molecule has 1 heterocycles. The molecule has 0 fully saturated rings. The monoisotopic (exact) mass is 362 g/mol. The van der Waals surface area contributed by atoms with Gasteiger partial charge >= 0.3 is 6.36 Å². The second kappa shape index (κ2) is 6.17. The Labute approximate surface area is 126 Å². The summed E-state index contributed by atoms with van der Waals surface area (Å²) in [6.45, 7) is 0. The smallest absolute Gasteiger partial charge is 0.404 e. The van der Waals surface area contributed by atoms with E-state index in [4.69, 9.17) is 0 Å². The lowest BCUT2D eigenvalue weighted by molar-refractivity contribution is -0.274. The van der Waals surface area contributed by atoms with Crippen LogP contribution in [0, 0.1) is 0 Å². The Balaban J connectivity index is 2.30. The summed E-state index contributed by atoms with van der Waals surface area (Å²) < 4.78 is 41.7. The maximum absolute atomic E-state index is 12.4. The molecule has 9 heteroatoms. The summed E-state index contributed by atoms with van der Waals surface area (Å²) in [4.78, 5) is 7.98. The van der Waals surface area contributed by atoms with Gasteiger partial charge in [-0.25, -0.2) is 4.98 Å². The van der Waals surface area contributed by atoms with Crippen molar-refractivity contribution in [2.45, 2.75) is 6.36 Å². The lowest BCUT2D eigenvalue weighted by Gasteiger charge is -2.14. The van der Waals surface area contributed by atoms with Crippen molar-refractivity contribution in [3.8, 4) is 5.75 Å². The van der Waals surface area contributed by atoms with E-state index in [0.717, 1.165) is 0 Å². The minimum atomic E-state index is -4.78. The largest absolute Gasteiger partial charge is 0.573 e. The van der Waals surface area contributed by atoms with Crippen LogP contribution in [0.3, 0.4) is 0 Å². The van der Waals surface area contributed by atoms with Gasteiger partial charge in [-0.1, -0.05) is 15.9 Å². The number of benzene rings is 1. The molecule has 0 amide bonds. The van der Waals surface area contributed by atoms with E-state index in [-0.39, 0.29) is 11.4 Å². The van der Waals surface area contributed by atoms with Crippen LogP contribution in [-0.4, -0.2) is 23.4 Å². The topological polar surface area (TPSA) is 59.1 Å². The van der Waals surface area contributed by atoms with Gasteiger partial charge in [0.1, 0.15) is 5.82 Å². The van der Waals surface area contributed by atoms with Crippen LogP contribution < -0.4 is 15.4 Å². The second-order valence-electron chi connectivity index (χ2n) is 3.83. The van der Waals surface area contributed by atoms with Crippen molar-refractivity contribution >= 4 is 33.4 Å². The molecule has 1 aromatic heterocycles. The van der Waals surface area contributed by atoms with E-state index in [1.54, 1.807) is 13.1 Å². The van der Waals surface area contributed by atoms with Crippen LogP contribution in [0.2, 0.25) is 0 Å². The fraction of sp³-hybridized carbons (Fsp3) is 0.167. The van der Waals surface area contributed by atoms with Crippen molar-refractivity contribution in [2.75, 3.05) is 17.7 Å². The van der Waals surface area contributed by atoms with Crippen molar-refractivity contribution < 1.29 is 17.9 Å². The molecule has 0 aliphatic heterocycles. The molecule has 0 aliphatic carbocycles. The Hall–Kier alpha value is -2.03. The molecule has 2 aromatic rings. The first kappa shape index (κ1) is 15.4. The average molecular weight is 363 g/mol. The first-order valence-electron chi connectivity index (χ1n) is 5.70. The molecular formula is C12H10BrF3N4O. The molecule has 0 aliphatic rings. The predicted octanol–water partition coefficient (Wildman–Crippen LogP) is 3.92. The number of aromatic nitrogens is 2. The van der Waals surface area contributed by atoms with E-state index in [9.17, 15) is 13.2 Å². The van der Waals surface area contributed by atoms with Crippen LogP contribution in [0.25, 0.3) is 0 Å². The van der Waals surface area contributed by atoms with Crippen molar-refractivity contribution in [2.24, 2.45) is 0 Å². The fourth-order valence-electron chi connectivity index (χ4n) is 1.50. The summed E-state index contributed by atoms with van der Waals surface area (Å²) in [6.07, 6.45) is -3.30. The molecule has 0 bridgehead atoms. The molecule has 0 unspecified atom stereocenters. The van der Waals surface area contributed by atoms with Crippen LogP contribution in [0.4, 0.5) is 30.6 Å². The first-order chi connectivity index (χ1) is 9.87. The number of alkyl halides is 3. The van der Waals surface area contributed by atoms with Gasteiger partial charge in [0.2, 0.25) is 5.95 Å². The standard InChI is InChI=1S/C12H10BrF3N4O/c1-17-11-18-5-4-10(20-11)19-8-3-2-7(13)6-9(8)21-12(14,15)16/h2-6H,1H3,(H2,17,18,19,20). The Morgan fingerprint density at radius 1 is 1.24 bits per heavy atom. The molecule has 2 rings (SSSR count). The van der Waals surface area contributed by atoms with Crippen molar-refractivity contribution in [3.05, 3.63) is 34.9 Å². The molecule has 21 heavy (non-hydrogen) atoms. The molecule has 112 valence electrons.